The number of ether oxygens (including phenoxy) is 3. The van der Waals surface area contributed by atoms with Crippen molar-refractivity contribution >= 4 is 12.2 Å². The van der Waals surface area contributed by atoms with Crippen LogP contribution in [-0.2, 0) is 27.3 Å². The summed E-state index contributed by atoms with van der Waals surface area (Å²) in [6.07, 6.45) is 3.32. The highest BCUT2D eigenvalue weighted by Gasteiger charge is 2.33. The minimum Gasteiger partial charge on any atom is -0.444 e. The van der Waals surface area contributed by atoms with Crippen molar-refractivity contribution in [2.75, 3.05) is 39.3 Å². The fourth-order valence-corrected chi connectivity index (χ4v) is 6.42. The number of epoxide rings is 1. The highest BCUT2D eigenvalue weighted by atomic mass is 16.6. The summed E-state index contributed by atoms with van der Waals surface area (Å²) in [7, 11) is 0. The number of aryl methyl sites for hydroxylation is 2. The number of piperidine rings is 2. The number of nitrogens with one attached hydrogen (secondary N) is 1. The topological polar surface area (TPSA) is 107 Å². The van der Waals surface area contributed by atoms with Crippen LogP contribution in [0, 0.1) is 13.8 Å². The second kappa shape index (κ2) is 19.6. The van der Waals surface area contributed by atoms with Crippen LogP contribution in [0.4, 0.5) is 9.59 Å². The standard InChI is InChI=1S/C22H36N2O3.C18H28N2O2.C4H8O/c1-17-8-7-9-18(14-17)15-24(16-22(5,6)26)19-10-12-23(13-11-19)20(25)27-21(2,3)4;1-14-6-5-7-15(12-14)13-19-16-8-10-20(11-9-16)17(21)22-18(2,3)4;1-4(2)3-5-4/h7-9,14,19,26H,10-13,15-16H2,1-6H3;5-7,12,16,19H,8-11,13H2,1-4H3;3H2,1-2H3. The van der Waals surface area contributed by atoms with E-state index in [1.165, 1.54) is 22.3 Å². The third-order valence-electron chi connectivity index (χ3n) is 9.24. The Labute approximate surface area is 326 Å². The molecule has 54 heavy (non-hydrogen) atoms. The number of carbonyl (C=O) groups excluding carboxylic acids is 2. The SMILES string of the molecule is CC1(C)CO1.Cc1cccc(CN(CC(C)(C)O)C2CCN(C(=O)OC(C)(C)C)CC2)c1.Cc1cccc(CNC2CCN(C(=O)OC(C)(C)C)CC2)c1. The number of hydrogen-bond acceptors (Lipinski definition) is 8. The number of amides is 2. The second-order valence-corrected chi connectivity index (χ2v) is 18.6. The first-order chi connectivity index (χ1) is 25.0. The van der Waals surface area contributed by atoms with Gasteiger partial charge in [0.05, 0.1) is 17.8 Å². The van der Waals surface area contributed by atoms with Gasteiger partial charge in [-0.2, -0.15) is 0 Å². The molecule has 0 radical (unpaired) electrons. The van der Waals surface area contributed by atoms with E-state index in [0.29, 0.717) is 31.7 Å². The molecule has 0 atom stereocenters. The summed E-state index contributed by atoms with van der Waals surface area (Å²) in [5, 5.41) is 14.0. The lowest BCUT2D eigenvalue weighted by Crippen LogP contribution is -2.50. The van der Waals surface area contributed by atoms with E-state index in [1.807, 2.05) is 60.3 Å². The highest BCUT2D eigenvalue weighted by Crippen LogP contribution is 2.24. The van der Waals surface area contributed by atoms with Crippen LogP contribution >= 0.6 is 0 Å². The van der Waals surface area contributed by atoms with Gasteiger partial charge in [-0.3, -0.25) is 4.90 Å². The lowest BCUT2D eigenvalue weighted by Gasteiger charge is -2.41. The van der Waals surface area contributed by atoms with Crippen molar-refractivity contribution in [1.29, 1.82) is 0 Å². The minimum atomic E-state index is -0.758. The van der Waals surface area contributed by atoms with E-state index in [2.05, 4.69) is 86.4 Å². The molecule has 304 valence electrons. The molecule has 2 aromatic rings. The van der Waals surface area contributed by atoms with Gasteiger partial charge in [-0.15, -0.1) is 0 Å². The lowest BCUT2D eigenvalue weighted by molar-refractivity contribution is -0.00720. The van der Waals surface area contributed by atoms with E-state index in [-0.39, 0.29) is 17.8 Å². The monoisotopic (exact) mass is 753 g/mol. The van der Waals surface area contributed by atoms with Gasteiger partial charge in [-0.25, -0.2) is 9.59 Å². The fourth-order valence-electron chi connectivity index (χ4n) is 6.42. The van der Waals surface area contributed by atoms with Crippen LogP contribution in [0.3, 0.4) is 0 Å². The maximum Gasteiger partial charge on any atom is 0.410 e. The Morgan fingerprint density at radius 3 is 1.63 bits per heavy atom. The zero-order chi connectivity index (χ0) is 40.3. The first-order valence-electron chi connectivity index (χ1n) is 19.9. The molecule has 10 nitrogen and oxygen atoms in total. The van der Waals surface area contributed by atoms with Crippen molar-refractivity contribution in [3.63, 3.8) is 0 Å². The zero-order valence-corrected chi connectivity index (χ0v) is 35.6. The smallest absolute Gasteiger partial charge is 0.410 e. The predicted octanol–water partition coefficient (Wildman–Crippen LogP) is 8.25. The highest BCUT2D eigenvalue weighted by molar-refractivity contribution is 5.68. The molecule has 2 aromatic carbocycles. The van der Waals surface area contributed by atoms with E-state index >= 15 is 0 Å². The molecule has 0 aliphatic carbocycles. The number of hydrogen-bond donors (Lipinski definition) is 2. The summed E-state index contributed by atoms with van der Waals surface area (Å²) in [4.78, 5) is 30.3. The Morgan fingerprint density at radius 2 is 1.22 bits per heavy atom. The quantitative estimate of drug-likeness (QED) is 0.260. The Balaban J connectivity index is 0.000000260. The Bertz CT molecular complexity index is 1450. The molecule has 0 bridgehead atoms. The molecule has 5 rings (SSSR count). The number of nitrogens with zero attached hydrogens (tertiary/aromatic N) is 3. The van der Waals surface area contributed by atoms with E-state index in [9.17, 15) is 14.7 Å². The van der Waals surface area contributed by atoms with Crippen LogP contribution < -0.4 is 5.32 Å². The average Bonchev–Trinajstić information content (AvgIpc) is 3.76. The van der Waals surface area contributed by atoms with E-state index in [0.717, 1.165) is 58.5 Å². The van der Waals surface area contributed by atoms with Gasteiger partial charge in [-0.05, 0) is 120 Å². The predicted molar refractivity (Wildman–Crippen MR) is 218 cm³/mol. The molecule has 2 N–H and O–H groups in total. The van der Waals surface area contributed by atoms with Gasteiger partial charge in [0, 0.05) is 57.9 Å². The molecule has 3 aliphatic heterocycles. The van der Waals surface area contributed by atoms with Crippen LogP contribution in [-0.4, -0.2) is 106 Å². The molecule has 0 saturated carbocycles. The Hall–Kier alpha value is -3.18. The number of benzene rings is 2. The lowest BCUT2D eigenvalue weighted by atomic mass is 9.99. The molecule has 0 unspecified atom stereocenters. The average molecular weight is 753 g/mol. The molecule has 3 aliphatic rings. The van der Waals surface area contributed by atoms with Gasteiger partial charge >= 0.3 is 12.2 Å². The van der Waals surface area contributed by atoms with Crippen LogP contribution in [0.1, 0.15) is 117 Å². The van der Waals surface area contributed by atoms with Gasteiger partial charge in [0.2, 0.25) is 0 Å². The third-order valence-corrected chi connectivity index (χ3v) is 9.24. The molecule has 3 fully saturated rings. The summed E-state index contributed by atoms with van der Waals surface area (Å²) in [5.41, 5.74) is 3.72. The number of carbonyl (C=O) groups is 2. The summed E-state index contributed by atoms with van der Waals surface area (Å²) in [5.74, 6) is 0. The molecule has 2 amide bonds. The molecular formula is C44H72N4O6. The van der Waals surface area contributed by atoms with E-state index in [4.69, 9.17) is 14.2 Å². The molecular weight excluding hydrogens is 681 g/mol. The minimum absolute atomic E-state index is 0.190. The van der Waals surface area contributed by atoms with Gasteiger partial charge in [0.25, 0.3) is 0 Å². The van der Waals surface area contributed by atoms with Crippen molar-refractivity contribution in [3.8, 4) is 0 Å². The first kappa shape index (κ1) is 45.2. The number of rotatable bonds is 8. The molecule has 0 aromatic heterocycles. The van der Waals surface area contributed by atoms with Crippen molar-refractivity contribution < 1.29 is 28.9 Å². The van der Waals surface area contributed by atoms with Crippen molar-refractivity contribution in [3.05, 3.63) is 70.8 Å². The van der Waals surface area contributed by atoms with Crippen molar-refractivity contribution in [1.82, 2.24) is 20.0 Å². The van der Waals surface area contributed by atoms with E-state index < -0.39 is 16.8 Å². The Kier molecular flexibility index (Phi) is 16.4. The molecule has 3 saturated heterocycles. The van der Waals surface area contributed by atoms with Gasteiger partial charge in [0.1, 0.15) is 11.2 Å². The van der Waals surface area contributed by atoms with Crippen LogP contribution in [0.5, 0.6) is 0 Å². The summed E-state index contributed by atoms with van der Waals surface area (Å²) >= 11 is 0. The van der Waals surface area contributed by atoms with Crippen molar-refractivity contribution in [2.24, 2.45) is 0 Å². The number of likely N-dealkylation sites (tertiary alicyclic amines) is 2. The zero-order valence-electron chi connectivity index (χ0n) is 35.6. The van der Waals surface area contributed by atoms with Gasteiger partial charge < -0.3 is 34.4 Å². The molecule has 3 heterocycles. The van der Waals surface area contributed by atoms with Gasteiger partial charge in [0.15, 0.2) is 0 Å². The number of aliphatic hydroxyl groups is 1. The second-order valence-electron chi connectivity index (χ2n) is 18.6. The Morgan fingerprint density at radius 1 is 0.796 bits per heavy atom. The summed E-state index contributed by atoms with van der Waals surface area (Å²) < 4.78 is 15.8. The maximum absolute atomic E-state index is 12.3. The maximum atomic E-state index is 12.3. The molecule has 10 heteroatoms. The third kappa shape index (κ3) is 18.4. The molecule has 0 spiro atoms. The van der Waals surface area contributed by atoms with Crippen LogP contribution in [0.2, 0.25) is 0 Å². The largest absolute Gasteiger partial charge is 0.444 e. The summed E-state index contributed by atoms with van der Waals surface area (Å²) in [6, 6.07) is 17.9. The van der Waals surface area contributed by atoms with Crippen LogP contribution in [0.15, 0.2) is 48.5 Å². The van der Waals surface area contributed by atoms with Crippen molar-refractivity contribution in [2.45, 2.75) is 156 Å². The van der Waals surface area contributed by atoms with E-state index in [1.54, 1.807) is 4.90 Å². The first-order valence-corrected chi connectivity index (χ1v) is 19.9. The van der Waals surface area contributed by atoms with Crippen LogP contribution in [0.25, 0.3) is 0 Å². The normalized spacial score (nSPS) is 17.9. The summed E-state index contributed by atoms with van der Waals surface area (Å²) in [6.45, 7) is 29.6. The fraction of sp³-hybridized carbons (Fsp3) is 0.682. The van der Waals surface area contributed by atoms with Gasteiger partial charge in [-0.1, -0.05) is 59.7 Å².